The van der Waals surface area contributed by atoms with Crippen LogP contribution in [0.3, 0.4) is 0 Å². The van der Waals surface area contributed by atoms with E-state index in [-0.39, 0.29) is 17.8 Å². The minimum atomic E-state index is -0.342. The van der Waals surface area contributed by atoms with Gasteiger partial charge in [0.25, 0.3) is 5.91 Å². The van der Waals surface area contributed by atoms with Crippen molar-refractivity contribution in [3.8, 4) is 5.75 Å². The van der Waals surface area contributed by atoms with Crippen LogP contribution in [0.2, 0.25) is 0 Å². The molecule has 4 nitrogen and oxygen atoms in total. The van der Waals surface area contributed by atoms with E-state index < -0.39 is 0 Å². The first-order chi connectivity index (χ1) is 14.2. The fourth-order valence-electron chi connectivity index (χ4n) is 3.90. The van der Waals surface area contributed by atoms with E-state index in [0.29, 0.717) is 18.5 Å². The summed E-state index contributed by atoms with van der Waals surface area (Å²) in [6.45, 7) is 0.680. The first-order valence-electron chi connectivity index (χ1n) is 9.80. The van der Waals surface area contributed by atoms with Gasteiger partial charge in [-0.05, 0) is 55.3 Å². The predicted molar refractivity (Wildman–Crippen MR) is 109 cm³/mol. The number of pyridine rings is 1. The minimum absolute atomic E-state index is 0.0647. The van der Waals surface area contributed by atoms with Crippen molar-refractivity contribution in [3.05, 3.63) is 95.1 Å². The molecule has 0 bridgehead atoms. The summed E-state index contributed by atoms with van der Waals surface area (Å²) in [5.41, 5.74) is 3.41. The van der Waals surface area contributed by atoms with Crippen molar-refractivity contribution in [2.24, 2.45) is 0 Å². The first kappa shape index (κ1) is 19.1. The Balaban J connectivity index is 1.57. The number of likely N-dealkylation sites (tertiary alicyclic amines) is 1. The number of hydrogen-bond acceptors (Lipinski definition) is 3. The largest absolute Gasteiger partial charge is 0.496 e. The maximum Gasteiger partial charge on any atom is 0.254 e. The van der Waals surface area contributed by atoms with Gasteiger partial charge < -0.3 is 9.64 Å². The summed E-state index contributed by atoms with van der Waals surface area (Å²) in [5, 5.41) is 0. The molecule has 0 aliphatic carbocycles. The van der Waals surface area contributed by atoms with Crippen molar-refractivity contribution in [2.75, 3.05) is 13.7 Å². The molecule has 29 heavy (non-hydrogen) atoms. The Morgan fingerprint density at radius 1 is 1.10 bits per heavy atom. The lowest BCUT2D eigenvalue weighted by Crippen LogP contribution is -2.31. The number of ether oxygens (including phenoxy) is 1. The number of nitrogens with zero attached hydrogens (tertiary/aromatic N) is 2. The number of carbonyl (C=O) groups is 1. The van der Waals surface area contributed by atoms with Crippen LogP contribution in [0, 0.1) is 5.82 Å². The van der Waals surface area contributed by atoms with Crippen LogP contribution in [-0.2, 0) is 6.42 Å². The third-order valence-electron chi connectivity index (χ3n) is 5.34. The molecule has 1 aliphatic heterocycles. The van der Waals surface area contributed by atoms with Crippen LogP contribution in [0.25, 0.3) is 0 Å². The quantitative estimate of drug-likeness (QED) is 0.629. The van der Waals surface area contributed by atoms with E-state index in [9.17, 15) is 9.18 Å². The summed E-state index contributed by atoms with van der Waals surface area (Å²) in [6.07, 6.45) is 2.46. The number of para-hydroxylation sites is 1. The Morgan fingerprint density at radius 3 is 2.69 bits per heavy atom. The monoisotopic (exact) mass is 390 g/mol. The van der Waals surface area contributed by atoms with Crippen molar-refractivity contribution >= 4 is 5.91 Å². The molecule has 1 saturated heterocycles. The SMILES string of the molecule is COc1ccccc1Cc1cccc([C@@H]2CCCN2C(=O)c2ccc(F)cc2)n1. The zero-order valence-electron chi connectivity index (χ0n) is 16.3. The van der Waals surface area contributed by atoms with Crippen LogP contribution in [0.5, 0.6) is 5.75 Å². The van der Waals surface area contributed by atoms with Crippen LogP contribution in [0.15, 0.2) is 66.7 Å². The predicted octanol–water partition coefficient (Wildman–Crippen LogP) is 4.80. The summed E-state index contributed by atoms with van der Waals surface area (Å²) in [6, 6.07) is 19.5. The third-order valence-corrected chi connectivity index (χ3v) is 5.34. The Morgan fingerprint density at radius 2 is 1.90 bits per heavy atom. The number of hydrogen-bond donors (Lipinski definition) is 0. The van der Waals surface area contributed by atoms with Crippen molar-refractivity contribution in [1.29, 1.82) is 0 Å². The molecule has 1 aromatic heterocycles. The molecule has 148 valence electrons. The van der Waals surface area contributed by atoms with E-state index in [0.717, 1.165) is 35.5 Å². The van der Waals surface area contributed by atoms with Gasteiger partial charge in [-0.25, -0.2) is 4.39 Å². The topological polar surface area (TPSA) is 42.4 Å². The Kier molecular flexibility index (Phi) is 5.56. The van der Waals surface area contributed by atoms with E-state index in [2.05, 4.69) is 0 Å². The minimum Gasteiger partial charge on any atom is -0.496 e. The second kappa shape index (κ2) is 8.43. The lowest BCUT2D eigenvalue weighted by molar-refractivity contribution is 0.0732. The van der Waals surface area contributed by atoms with Crippen molar-refractivity contribution in [1.82, 2.24) is 9.88 Å². The van der Waals surface area contributed by atoms with Crippen molar-refractivity contribution < 1.29 is 13.9 Å². The Hall–Kier alpha value is -3.21. The summed E-state index contributed by atoms with van der Waals surface area (Å²) in [4.78, 5) is 19.7. The number of carbonyl (C=O) groups excluding carboxylic acids is 1. The van der Waals surface area contributed by atoms with E-state index in [1.807, 2.05) is 47.4 Å². The summed E-state index contributed by atoms with van der Waals surface area (Å²) < 4.78 is 18.6. The van der Waals surface area contributed by atoms with Crippen LogP contribution in [0.1, 0.15) is 46.2 Å². The second-order valence-corrected chi connectivity index (χ2v) is 7.21. The maximum atomic E-state index is 13.2. The smallest absolute Gasteiger partial charge is 0.254 e. The van der Waals surface area contributed by atoms with Gasteiger partial charge in [0.15, 0.2) is 0 Å². The highest BCUT2D eigenvalue weighted by Gasteiger charge is 2.31. The molecule has 0 N–H and O–H groups in total. The van der Waals surface area contributed by atoms with Crippen LogP contribution >= 0.6 is 0 Å². The van der Waals surface area contributed by atoms with E-state index in [4.69, 9.17) is 9.72 Å². The van der Waals surface area contributed by atoms with Gasteiger partial charge in [-0.15, -0.1) is 0 Å². The molecule has 0 spiro atoms. The number of aromatic nitrogens is 1. The molecule has 5 heteroatoms. The molecule has 0 radical (unpaired) electrons. The number of halogens is 1. The Bertz CT molecular complexity index is 1000. The number of benzene rings is 2. The normalized spacial score (nSPS) is 16.1. The average molecular weight is 390 g/mol. The maximum absolute atomic E-state index is 13.2. The van der Waals surface area contributed by atoms with Crippen LogP contribution in [0.4, 0.5) is 4.39 Å². The molecule has 2 aromatic carbocycles. The molecular weight excluding hydrogens is 367 g/mol. The van der Waals surface area contributed by atoms with Gasteiger partial charge in [0, 0.05) is 29.8 Å². The van der Waals surface area contributed by atoms with Gasteiger partial charge >= 0.3 is 0 Å². The summed E-state index contributed by atoms with van der Waals surface area (Å²) >= 11 is 0. The van der Waals surface area contributed by atoms with Gasteiger partial charge in [0.2, 0.25) is 0 Å². The zero-order chi connectivity index (χ0) is 20.2. The molecule has 0 saturated carbocycles. The lowest BCUT2D eigenvalue weighted by Gasteiger charge is -2.25. The molecule has 2 heterocycles. The Labute approximate surface area is 170 Å². The molecule has 0 unspecified atom stereocenters. The highest BCUT2D eigenvalue weighted by atomic mass is 19.1. The van der Waals surface area contributed by atoms with Crippen LogP contribution in [-0.4, -0.2) is 29.4 Å². The molecule has 1 aliphatic rings. The van der Waals surface area contributed by atoms with Gasteiger partial charge in [0.1, 0.15) is 11.6 Å². The van der Waals surface area contributed by atoms with Gasteiger partial charge in [-0.2, -0.15) is 0 Å². The summed E-state index contributed by atoms with van der Waals surface area (Å²) in [7, 11) is 1.67. The van der Waals surface area contributed by atoms with Crippen molar-refractivity contribution in [2.45, 2.75) is 25.3 Å². The first-order valence-corrected chi connectivity index (χ1v) is 9.80. The fourth-order valence-corrected chi connectivity index (χ4v) is 3.90. The van der Waals surface area contributed by atoms with E-state index >= 15 is 0 Å². The molecule has 1 fully saturated rings. The number of amides is 1. The standard InChI is InChI=1S/C24H23FN2O2/c1-29-23-10-3-2-6-18(23)16-20-7-4-8-21(26-20)22-9-5-15-27(22)24(28)17-11-13-19(25)14-12-17/h2-4,6-8,10-14,22H,5,9,15-16H2,1H3/t22-/m0/s1. The van der Waals surface area contributed by atoms with E-state index in [1.54, 1.807) is 19.2 Å². The highest BCUT2D eigenvalue weighted by molar-refractivity contribution is 5.94. The molecule has 1 atom stereocenters. The second-order valence-electron chi connectivity index (χ2n) is 7.21. The zero-order valence-corrected chi connectivity index (χ0v) is 16.3. The molecule has 4 rings (SSSR count). The van der Waals surface area contributed by atoms with Gasteiger partial charge in [-0.3, -0.25) is 9.78 Å². The third kappa shape index (κ3) is 4.14. The molecule has 1 amide bonds. The van der Waals surface area contributed by atoms with Gasteiger partial charge in [-0.1, -0.05) is 24.3 Å². The van der Waals surface area contributed by atoms with Gasteiger partial charge in [0.05, 0.1) is 18.8 Å². The fraction of sp³-hybridized carbons (Fsp3) is 0.250. The average Bonchev–Trinajstić information content (AvgIpc) is 3.24. The van der Waals surface area contributed by atoms with E-state index in [1.165, 1.54) is 12.1 Å². The summed E-state index contributed by atoms with van der Waals surface area (Å²) in [5.74, 6) is 0.420. The number of methoxy groups -OCH3 is 1. The van der Waals surface area contributed by atoms with Crippen molar-refractivity contribution in [3.63, 3.8) is 0 Å². The lowest BCUT2D eigenvalue weighted by atomic mass is 10.1. The van der Waals surface area contributed by atoms with Crippen LogP contribution < -0.4 is 4.74 Å². The number of rotatable bonds is 5. The molecular formula is C24H23FN2O2. The molecule has 3 aromatic rings. The highest BCUT2D eigenvalue weighted by Crippen LogP contribution is 2.32.